The molecule has 116 valence electrons. The maximum Gasteiger partial charge on any atom is 0.321 e. The molecule has 0 spiro atoms. The van der Waals surface area contributed by atoms with Gasteiger partial charge in [0.05, 0.1) is 10.0 Å². The first-order chi connectivity index (χ1) is 10.1. The number of urea groups is 1. The Balaban J connectivity index is 1.80. The fraction of sp³-hybridized carbons (Fsp3) is 0.500. The zero-order chi connectivity index (χ0) is 15.2. The van der Waals surface area contributed by atoms with Crippen LogP contribution in [0.3, 0.4) is 0 Å². The molecule has 21 heavy (non-hydrogen) atoms. The zero-order valence-electron chi connectivity index (χ0n) is 12.0. The van der Waals surface area contributed by atoms with E-state index in [1.54, 1.807) is 30.1 Å². The maximum atomic E-state index is 12.1. The number of carbonyl (C=O) groups is 1. The number of hydrogen-bond acceptors (Lipinski definition) is 3. The molecule has 1 saturated heterocycles. The molecule has 1 aromatic carbocycles. The molecule has 0 atom stereocenters. The van der Waals surface area contributed by atoms with Gasteiger partial charge in [0.2, 0.25) is 0 Å². The molecule has 1 fully saturated rings. The second-order valence-corrected chi connectivity index (χ2v) is 5.89. The summed E-state index contributed by atoms with van der Waals surface area (Å²) in [7, 11) is 1.79. The molecule has 7 heteroatoms. The van der Waals surface area contributed by atoms with E-state index >= 15 is 0 Å². The van der Waals surface area contributed by atoms with Crippen molar-refractivity contribution >= 4 is 34.9 Å². The minimum absolute atomic E-state index is 0.150. The van der Waals surface area contributed by atoms with E-state index in [4.69, 9.17) is 23.2 Å². The van der Waals surface area contributed by atoms with E-state index in [-0.39, 0.29) is 6.03 Å². The van der Waals surface area contributed by atoms with Crippen LogP contribution in [0.2, 0.25) is 10.0 Å². The lowest BCUT2D eigenvalue weighted by molar-refractivity contribution is 0.197. The third-order valence-electron chi connectivity index (χ3n) is 3.48. The van der Waals surface area contributed by atoms with Crippen LogP contribution in [0.1, 0.15) is 0 Å². The lowest BCUT2D eigenvalue weighted by atomic mass is 10.3. The van der Waals surface area contributed by atoms with Gasteiger partial charge < -0.3 is 15.5 Å². The third-order valence-corrected chi connectivity index (χ3v) is 4.22. The first kappa shape index (κ1) is 16.4. The van der Waals surface area contributed by atoms with Gasteiger partial charge in [-0.05, 0) is 18.2 Å². The van der Waals surface area contributed by atoms with Crippen molar-refractivity contribution in [1.82, 2.24) is 15.1 Å². The van der Waals surface area contributed by atoms with Gasteiger partial charge in [0.15, 0.2) is 0 Å². The van der Waals surface area contributed by atoms with Crippen LogP contribution >= 0.6 is 23.2 Å². The lowest BCUT2D eigenvalue weighted by Crippen LogP contribution is -2.46. The molecule has 0 unspecified atom stereocenters. The summed E-state index contributed by atoms with van der Waals surface area (Å²) in [6.07, 6.45) is 0. The Kier molecular flexibility index (Phi) is 6.11. The van der Waals surface area contributed by atoms with Gasteiger partial charge in [0.25, 0.3) is 0 Å². The highest BCUT2D eigenvalue weighted by atomic mass is 35.5. The Morgan fingerprint density at radius 1 is 1.33 bits per heavy atom. The van der Waals surface area contributed by atoms with Crippen molar-refractivity contribution in [1.29, 1.82) is 0 Å². The van der Waals surface area contributed by atoms with Crippen LogP contribution in [0.15, 0.2) is 18.2 Å². The van der Waals surface area contributed by atoms with Gasteiger partial charge in [0.1, 0.15) is 0 Å². The predicted octanol–water partition coefficient (Wildman–Crippen LogP) is 2.36. The summed E-state index contributed by atoms with van der Waals surface area (Å²) < 4.78 is 0. The number of likely N-dealkylation sites (N-methyl/N-ethyl adjacent to an activating group) is 1. The Labute approximate surface area is 135 Å². The first-order valence-corrected chi connectivity index (χ1v) is 7.72. The minimum Gasteiger partial charge on any atom is -0.326 e. The monoisotopic (exact) mass is 330 g/mol. The van der Waals surface area contributed by atoms with Crippen molar-refractivity contribution in [2.45, 2.75) is 0 Å². The van der Waals surface area contributed by atoms with E-state index in [1.165, 1.54) is 0 Å². The van der Waals surface area contributed by atoms with Gasteiger partial charge in [0, 0.05) is 52.0 Å². The summed E-state index contributed by atoms with van der Waals surface area (Å²) in [5.74, 6) is 0. The highest BCUT2D eigenvalue weighted by Crippen LogP contribution is 2.25. The Morgan fingerprint density at radius 2 is 2.05 bits per heavy atom. The average Bonchev–Trinajstić information content (AvgIpc) is 2.49. The van der Waals surface area contributed by atoms with Gasteiger partial charge >= 0.3 is 6.03 Å². The smallest absolute Gasteiger partial charge is 0.321 e. The van der Waals surface area contributed by atoms with Gasteiger partial charge in [-0.3, -0.25) is 4.90 Å². The largest absolute Gasteiger partial charge is 0.326 e. The van der Waals surface area contributed by atoms with E-state index in [0.717, 1.165) is 32.7 Å². The second-order valence-electron chi connectivity index (χ2n) is 5.07. The third kappa shape index (κ3) is 5.04. The summed E-state index contributed by atoms with van der Waals surface area (Å²) in [6.45, 7) is 5.66. The minimum atomic E-state index is -0.150. The van der Waals surface area contributed by atoms with Crippen molar-refractivity contribution in [2.24, 2.45) is 0 Å². The Hall–Kier alpha value is -1.01. The lowest BCUT2D eigenvalue weighted by Gasteiger charge is -2.29. The fourth-order valence-electron chi connectivity index (χ4n) is 2.12. The molecule has 1 aromatic rings. The maximum absolute atomic E-state index is 12.1. The van der Waals surface area contributed by atoms with E-state index < -0.39 is 0 Å². The highest BCUT2D eigenvalue weighted by Gasteiger charge is 2.13. The number of piperazine rings is 1. The van der Waals surface area contributed by atoms with Crippen molar-refractivity contribution in [2.75, 3.05) is 51.6 Å². The molecule has 2 amide bonds. The number of nitrogens with one attached hydrogen (secondary N) is 2. The molecule has 5 nitrogen and oxygen atoms in total. The van der Waals surface area contributed by atoms with Gasteiger partial charge in [-0.1, -0.05) is 23.2 Å². The molecule has 1 aliphatic heterocycles. The van der Waals surface area contributed by atoms with E-state index in [0.29, 0.717) is 22.3 Å². The standard InChI is InChI=1S/C14H20Cl2N4O/c1-19(8-9-20-6-4-17-5-7-20)14(21)18-11-2-3-12(15)13(16)10-11/h2-3,10,17H,4-9H2,1H3,(H,18,21). The number of hydrogen-bond donors (Lipinski definition) is 2. The molecule has 0 radical (unpaired) electrons. The van der Waals surface area contributed by atoms with Gasteiger partial charge in [-0.2, -0.15) is 0 Å². The number of carbonyl (C=O) groups excluding carboxylic acids is 1. The molecule has 0 aromatic heterocycles. The number of benzene rings is 1. The second kappa shape index (κ2) is 7.84. The molecule has 0 saturated carbocycles. The van der Waals surface area contributed by atoms with Gasteiger partial charge in [-0.25, -0.2) is 4.79 Å². The summed E-state index contributed by atoms with van der Waals surface area (Å²) in [6, 6.07) is 4.89. The van der Waals surface area contributed by atoms with Crippen LogP contribution in [0, 0.1) is 0 Å². The predicted molar refractivity (Wildman–Crippen MR) is 87.4 cm³/mol. The Morgan fingerprint density at radius 3 is 2.71 bits per heavy atom. The molecule has 0 aliphatic carbocycles. The zero-order valence-corrected chi connectivity index (χ0v) is 13.5. The summed E-state index contributed by atoms with van der Waals surface area (Å²) in [5, 5.41) is 7.02. The van der Waals surface area contributed by atoms with Crippen molar-refractivity contribution in [3.8, 4) is 0 Å². The molecular formula is C14H20Cl2N4O. The quantitative estimate of drug-likeness (QED) is 0.890. The number of amides is 2. The number of anilines is 1. The SMILES string of the molecule is CN(CCN1CCNCC1)C(=O)Nc1ccc(Cl)c(Cl)c1. The van der Waals surface area contributed by atoms with Crippen LogP contribution in [-0.2, 0) is 0 Å². The van der Waals surface area contributed by atoms with Crippen molar-refractivity contribution in [3.05, 3.63) is 28.2 Å². The van der Waals surface area contributed by atoms with Crippen LogP contribution in [-0.4, -0.2) is 62.1 Å². The molecule has 2 rings (SSSR count). The van der Waals surface area contributed by atoms with E-state index in [9.17, 15) is 4.79 Å². The average molecular weight is 331 g/mol. The number of rotatable bonds is 4. The summed E-state index contributed by atoms with van der Waals surface area (Å²) in [5.41, 5.74) is 0.642. The summed E-state index contributed by atoms with van der Waals surface area (Å²) >= 11 is 11.8. The van der Waals surface area contributed by atoms with Crippen LogP contribution < -0.4 is 10.6 Å². The van der Waals surface area contributed by atoms with Crippen LogP contribution in [0.5, 0.6) is 0 Å². The molecule has 0 bridgehead atoms. The normalized spacial score (nSPS) is 15.8. The molecular weight excluding hydrogens is 311 g/mol. The van der Waals surface area contributed by atoms with Gasteiger partial charge in [-0.15, -0.1) is 0 Å². The fourth-order valence-corrected chi connectivity index (χ4v) is 2.42. The van der Waals surface area contributed by atoms with Crippen molar-refractivity contribution in [3.63, 3.8) is 0 Å². The molecule has 2 N–H and O–H groups in total. The molecule has 1 heterocycles. The highest BCUT2D eigenvalue weighted by molar-refractivity contribution is 6.42. The van der Waals surface area contributed by atoms with Crippen molar-refractivity contribution < 1.29 is 4.79 Å². The van der Waals surface area contributed by atoms with Crippen LogP contribution in [0.4, 0.5) is 10.5 Å². The van der Waals surface area contributed by atoms with Crippen LogP contribution in [0.25, 0.3) is 0 Å². The first-order valence-electron chi connectivity index (χ1n) is 6.96. The molecule has 1 aliphatic rings. The number of halogens is 2. The van der Waals surface area contributed by atoms with E-state index in [2.05, 4.69) is 15.5 Å². The number of nitrogens with zero attached hydrogens (tertiary/aromatic N) is 2. The Bertz CT molecular complexity index is 492. The van der Waals surface area contributed by atoms with E-state index in [1.807, 2.05) is 0 Å². The summed E-state index contributed by atoms with van der Waals surface area (Å²) in [4.78, 5) is 16.1. The topological polar surface area (TPSA) is 47.6 Å².